The van der Waals surface area contributed by atoms with E-state index in [1.807, 2.05) is 0 Å². The van der Waals surface area contributed by atoms with Gasteiger partial charge in [-0.15, -0.1) is 0 Å². The molecule has 1 heterocycles. The summed E-state index contributed by atoms with van der Waals surface area (Å²) in [4.78, 5) is 27.5. The van der Waals surface area contributed by atoms with Gasteiger partial charge in [0.15, 0.2) is 0 Å². The van der Waals surface area contributed by atoms with E-state index in [0.29, 0.717) is 38.5 Å². The SMILES string of the molecule is CN(CCCO)C(=O)[C@@H]1CCCN1C(=O)OCC1CC1. The van der Waals surface area contributed by atoms with Gasteiger partial charge in [-0.2, -0.15) is 0 Å². The van der Waals surface area contributed by atoms with E-state index in [0.717, 1.165) is 19.3 Å². The standard InChI is InChI=1S/C14H24N2O4/c1-15(7-3-9-17)13(18)12-4-2-8-16(12)14(19)20-10-11-5-6-11/h11-12,17H,2-10H2,1H3/t12-/m0/s1. The maximum Gasteiger partial charge on any atom is 0.410 e. The average Bonchev–Trinajstić information content (AvgIpc) is 3.15. The van der Waals surface area contributed by atoms with Crippen molar-refractivity contribution in [1.29, 1.82) is 0 Å². The molecule has 2 rings (SSSR count). The van der Waals surface area contributed by atoms with Gasteiger partial charge in [0.05, 0.1) is 6.61 Å². The lowest BCUT2D eigenvalue weighted by molar-refractivity contribution is -0.134. The minimum Gasteiger partial charge on any atom is -0.449 e. The van der Waals surface area contributed by atoms with Gasteiger partial charge in [0, 0.05) is 26.7 Å². The van der Waals surface area contributed by atoms with Gasteiger partial charge in [0.2, 0.25) is 5.91 Å². The lowest BCUT2D eigenvalue weighted by Gasteiger charge is -2.27. The fraction of sp³-hybridized carbons (Fsp3) is 0.857. The highest BCUT2D eigenvalue weighted by Gasteiger charge is 2.37. The molecule has 2 fully saturated rings. The molecule has 0 radical (unpaired) electrons. The van der Waals surface area contributed by atoms with Crippen LogP contribution in [0.4, 0.5) is 4.79 Å². The first kappa shape index (κ1) is 15.1. The second-order valence-electron chi connectivity index (χ2n) is 5.71. The molecular formula is C14H24N2O4. The number of nitrogens with zero attached hydrogens (tertiary/aromatic N) is 2. The Morgan fingerprint density at radius 3 is 2.75 bits per heavy atom. The Morgan fingerprint density at radius 2 is 2.10 bits per heavy atom. The molecule has 0 aromatic carbocycles. The maximum atomic E-state index is 12.3. The van der Waals surface area contributed by atoms with Crippen LogP contribution in [0.1, 0.15) is 32.1 Å². The molecule has 114 valence electrons. The van der Waals surface area contributed by atoms with E-state index in [1.54, 1.807) is 16.8 Å². The van der Waals surface area contributed by atoms with Crippen molar-refractivity contribution in [1.82, 2.24) is 9.80 Å². The number of rotatable bonds is 6. The molecule has 2 amide bonds. The number of aliphatic hydroxyl groups excluding tert-OH is 1. The van der Waals surface area contributed by atoms with E-state index in [4.69, 9.17) is 9.84 Å². The summed E-state index contributed by atoms with van der Waals surface area (Å²) < 4.78 is 5.27. The molecule has 0 aromatic heterocycles. The predicted octanol–water partition coefficient (Wildman–Crippen LogP) is 0.838. The van der Waals surface area contributed by atoms with Crippen molar-refractivity contribution in [2.24, 2.45) is 5.92 Å². The molecule has 0 spiro atoms. The van der Waals surface area contributed by atoms with Crippen molar-refractivity contribution in [2.75, 3.05) is 33.4 Å². The zero-order valence-electron chi connectivity index (χ0n) is 12.1. The summed E-state index contributed by atoms with van der Waals surface area (Å²) in [5.41, 5.74) is 0. The van der Waals surface area contributed by atoms with Crippen LogP contribution in [0.15, 0.2) is 0 Å². The second kappa shape index (κ2) is 6.92. The molecule has 1 saturated carbocycles. The normalized spacial score (nSPS) is 21.9. The van der Waals surface area contributed by atoms with Gasteiger partial charge in [-0.05, 0) is 38.0 Å². The number of hydrogen-bond donors (Lipinski definition) is 1. The first-order valence-corrected chi connectivity index (χ1v) is 7.42. The molecule has 2 aliphatic rings. The molecular weight excluding hydrogens is 260 g/mol. The van der Waals surface area contributed by atoms with Crippen LogP contribution in [-0.4, -0.2) is 66.3 Å². The fourth-order valence-electron chi connectivity index (χ4n) is 2.47. The van der Waals surface area contributed by atoms with Crippen LogP contribution >= 0.6 is 0 Å². The maximum absolute atomic E-state index is 12.3. The molecule has 0 unspecified atom stereocenters. The third-order valence-corrected chi connectivity index (χ3v) is 3.94. The topological polar surface area (TPSA) is 70.1 Å². The van der Waals surface area contributed by atoms with Crippen LogP contribution in [0.2, 0.25) is 0 Å². The van der Waals surface area contributed by atoms with E-state index >= 15 is 0 Å². The van der Waals surface area contributed by atoms with Crippen LogP contribution in [-0.2, 0) is 9.53 Å². The van der Waals surface area contributed by atoms with Gasteiger partial charge >= 0.3 is 6.09 Å². The van der Waals surface area contributed by atoms with E-state index in [1.165, 1.54) is 0 Å². The number of carbonyl (C=O) groups is 2. The van der Waals surface area contributed by atoms with Crippen molar-refractivity contribution in [3.63, 3.8) is 0 Å². The van der Waals surface area contributed by atoms with Crippen molar-refractivity contribution < 1.29 is 19.4 Å². The molecule has 6 nitrogen and oxygen atoms in total. The Morgan fingerprint density at radius 1 is 1.35 bits per heavy atom. The number of amides is 2. The van der Waals surface area contributed by atoms with Gasteiger partial charge in [-0.3, -0.25) is 9.69 Å². The van der Waals surface area contributed by atoms with Crippen LogP contribution < -0.4 is 0 Å². The molecule has 1 N–H and O–H groups in total. The van der Waals surface area contributed by atoms with Gasteiger partial charge < -0.3 is 14.7 Å². The Labute approximate surface area is 119 Å². The number of ether oxygens (including phenoxy) is 1. The van der Waals surface area contributed by atoms with Crippen LogP contribution in [0.5, 0.6) is 0 Å². The lowest BCUT2D eigenvalue weighted by atomic mass is 10.2. The molecule has 20 heavy (non-hydrogen) atoms. The zero-order chi connectivity index (χ0) is 14.5. The van der Waals surface area contributed by atoms with Gasteiger partial charge in [0.1, 0.15) is 6.04 Å². The smallest absolute Gasteiger partial charge is 0.410 e. The van der Waals surface area contributed by atoms with Crippen LogP contribution in [0, 0.1) is 5.92 Å². The Balaban J connectivity index is 1.84. The number of hydrogen-bond acceptors (Lipinski definition) is 4. The first-order valence-electron chi connectivity index (χ1n) is 7.42. The Bertz CT molecular complexity index is 357. The largest absolute Gasteiger partial charge is 0.449 e. The lowest BCUT2D eigenvalue weighted by Crippen LogP contribution is -2.47. The molecule has 1 aliphatic heterocycles. The van der Waals surface area contributed by atoms with Gasteiger partial charge in [0.25, 0.3) is 0 Å². The first-order chi connectivity index (χ1) is 9.63. The van der Waals surface area contributed by atoms with Crippen molar-refractivity contribution in [3.8, 4) is 0 Å². The highest BCUT2D eigenvalue weighted by Crippen LogP contribution is 2.29. The summed E-state index contributed by atoms with van der Waals surface area (Å²) in [5, 5.41) is 8.81. The monoisotopic (exact) mass is 284 g/mol. The highest BCUT2D eigenvalue weighted by atomic mass is 16.6. The summed E-state index contributed by atoms with van der Waals surface area (Å²) >= 11 is 0. The van der Waals surface area contributed by atoms with E-state index in [9.17, 15) is 9.59 Å². The van der Waals surface area contributed by atoms with Crippen LogP contribution in [0.3, 0.4) is 0 Å². The molecule has 1 saturated heterocycles. The summed E-state index contributed by atoms with van der Waals surface area (Å²) in [6.45, 7) is 1.65. The molecule has 1 atom stereocenters. The Hall–Kier alpha value is -1.30. The predicted molar refractivity (Wildman–Crippen MR) is 73.1 cm³/mol. The Kier molecular flexibility index (Phi) is 5.23. The molecule has 0 bridgehead atoms. The highest BCUT2D eigenvalue weighted by molar-refractivity contribution is 5.86. The minimum atomic E-state index is -0.398. The van der Waals surface area contributed by atoms with Crippen LogP contribution in [0.25, 0.3) is 0 Å². The number of likely N-dealkylation sites (tertiary alicyclic amines) is 1. The third-order valence-electron chi connectivity index (χ3n) is 3.94. The second-order valence-corrected chi connectivity index (χ2v) is 5.71. The fourth-order valence-corrected chi connectivity index (χ4v) is 2.47. The average molecular weight is 284 g/mol. The summed E-state index contributed by atoms with van der Waals surface area (Å²) in [7, 11) is 1.71. The van der Waals surface area contributed by atoms with Crippen molar-refractivity contribution >= 4 is 12.0 Å². The number of aliphatic hydroxyl groups is 1. The summed E-state index contributed by atoms with van der Waals surface area (Å²) in [6.07, 6.45) is 4.01. The van der Waals surface area contributed by atoms with E-state index in [2.05, 4.69) is 0 Å². The van der Waals surface area contributed by atoms with Crippen molar-refractivity contribution in [3.05, 3.63) is 0 Å². The number of carbonyl (C=O) groups excluding carboxylic acids is 2. The third kappa shape index (κ3) is 3.85. The quantitative estimate of drug-likeness (QED) is 0.784. The van der Waals surface area contributed by atoms with Gasteiger partial charge in [-0.1, -0.05) is 0 Å². The summed E-state index contributed by atoms with van der Waals surface area (Å²) in [5.74, 6) is 0.474. The number of likely N-dealkylation sites (N-methyl/N-ethyl adjacent to an activating group) is 1. The molecule has 0 aromatic rings. The van der Waals surface area contributed by atoms with E-state index in [-0.39, 0.29) is 18.6 Å². The zero-order valence-corrected chi connectivity index (χ0v) is 12.1. The molecule has 1 aliphatic carbocycles. The molecule has 6 heteroatoms. The minimum absolute atomic E-state index is 0.0562. The van der Waals surface area contributed by atoms with Gasteiger partial charge in [-0.25, -0.2) is 4.79 Å². The van der Waals surface area contributed by atoms with E-state index < -0.39 is 6.04 Å². The summed E-state index contributed by atoms with van der Waals surface area (Å²) in [6, 6.07) is -0.398. The van der Waals surface area contributed by atoms with Crippen molar-refractivity contribution in [2.45, 2.75) is 38.1 Å².